The number of hydrogen-bond donors (Lipinski definition) is 2. The number of benzene rings is 1. The molecular formula is C14H19NO. The van der Waals surface area contributed by atoms with Crippen LogP contribution in [-0.2, 0) is 5.41 Å². The summed E-state index contributed by atoms with van der Waals surface area (Å²) < 4.78 is 0. The fourth-order valence-corrected chi connectivity index (χ4v) is 1.45. The highest BCUT2D eigenvalue weighted by Gasteiger charge is 2.17. The summed E-state index contributed by atoms with van der Waals surface area (Å²) in [6.45, 7) is 6.79. The van der Waals surface area contributed by atoms with Crippen LogP contribution < -0.4 is 5.73 Å². The number of hydrogen-bond acceptors (Lipinski definition) is 2. The van der Waals surface area contributed by atoms with Crippen molar-refractivity contribution in [3.63, 3.8) is 0 Å². The summed E-state index contributed by atoms with van der Waals surface area (Å²) in [4.78, 5) is 0. The average molecular weight is 217 g/mol. The summed E-state index contributed by atoms with van der Waals surface area (Å²) in [6, 6.07) is 5.47. The lowest BCUT2D eigenvalue weighted by atomic mass is 9.85. The molecule has 1 aromatic rings. The van der Waals surface area contributed by atoms with Crippen molar-refractivity contribution in [1.29, 1.82) is 0 Å². The minimum absolute atomic E-state index is 0.0738. The van der Waals surface area contributed by atoms with Crippen LogP contribution in [-0.4, -0.2) is 11.7 Å². The highest BCUT2D eigenvalue weighted by Crippen LogP contribution is 2.30. The van der Waals surface area contributed by atoms with E-state index in [1.54, 1.807) is 6.07 Å². The Morgan fingerprint density at radius 1 is 1.31 bits per heavy atom. The van der Waals surface area contributed by atoms with E-state index in [0.717, 1.165) is 11.1 Å². The fourth-order valence-electron chi connectivity index (χ4n) is 1.45. The Hall–Kier alpha value is -1.46. The van der Waals surface area contributed by atoms with Gasteiger partial charge < -0.3 is 10.8 Å². The van der Waals surface area contributed by atoms with Gasteiger partial charge in [-0.25, -0.2) is 0 Å². The molecule has 1 rings (SSSR count). The Balaban J connectivity index is 3.05. The predicted octanol–water partition coefficient (Wildman–Crippen LogP) is 2.39. The molecule has 0 saturated carbocycles. The molecule has 0 fully saturated rings. The van der Waals surface area contributed by atoms with Gasteiger partial charge in [0.25, 0.3) is 0 Å². The van der Waals surface area contributed by atoms with Crippen LogP contribution in [0.15, 0.2) is 18.2 Å². The van der Waals surface area contributed by atoms with Crippen molar-refractivity contribution < 1.29 is 5.11 Å². The van der Waals surface area contributed by atoms with Crippen molar-refractivity contribution in [2.45, 2.75) is 32.6 Å². The molecule has 0 spiro atoms. The van der Waals surface area contributed by atoms with E-state index in [9.17, 15) is 5.11 Å². The second-order valence-corrected chi connectivity index (χ2v) is 4.82. The van der Waals surface area contributed by atoms with Gasteiger partial charge in [0, 0.05) is 24.1 Å². The van der Waals surface area contributed by atoms with Crippen LogP contribution in [0.25, 0.3) is 0 Å². The zero-order valence-corrected chi connectivity index (χ0v) is 10.2. The molecule has 0 heterocycles. The van der Waals surface area contributed by atoms with Gasteiger partial charge in [-0.2, -0.15) is 0 Å². The molecule has 2 nitrogen and oxygen atoms in total. The second kappa shape index (κ2) is 5.05. The van der Waals surface area contributed by atoms with E-state index in [-0.39, 0.29) is 5.41 Å². The monoisotopic (exact) mass is 217 g/mol. The minimum Gasteiger partial charge on any atom is -0.508 e. The average Bonchev–Trinajstić information content (AvgIpc) is 2.19. The van der Waals surface area contributed by atoms with E-state index in [4.69, 9.17) is 5.73 Å². The normalized spacial score (nSPS) is 10.8. The molecule has 86 valence electrons. The zero-order valence-electron chi connectivity index (χ0n) is 10.2. The zero-order chi connectivity index (χ0) is 12.2. The number of aromatic hydroxyl groups is 1. The summed E-state index contributed by atoms with van der Waals surface area (Å²) in [6.07, 6.45) is 0.700. The Kier molecular flexibility index (Phi) is 3.98. The summed E-state index contributed by atoms with van der Waals surface area (Å²) in [5.41, 5.74) is 7.15. The van der Waals surface area contributed by atoms with Gasteiger partial charge >= 0.3 is 0 Å². The van der Waals surface area contributed by atoms with E-state index in [1.807, 2.05) is 12.1 Å². The summed E-state index contributed by atoms with van der Waals surface area (Å²) in [5.74, 6) is 6.37. The molecule has 1 aromatic carbocycles. The molecule has 0 saturated heterocycles. The van der Waals surface area contributed by atoms with Gasteiger partial charge in [0.15, 0.2) is 0 Å². The molecule has 0 aliphatic heterocycles. The van der Waals surface area contributed by atoms with Crippen molar-refractivity contribution in [3.8, 4) is 17.6 Å². The van der Waals surface area contributed by atoms with Gasteiger partial charge in [-0.1, -0.05) is 32.6 Å². The van der Waals surface area contributed by atoms with Crippen LogP contribution in [0.2, 0.25) is 0 Å². The second-order valence-electron chi connectivity index (χ2n) is 4.82. The van der Waals surface area contributed by atoms with Gasteiger partial charge in [0.2, 0.25) is 0 Å². The Labute approximate surface area is 97.5 Å². The topological polar surface area (TPSA) is 46.2 Å². The van der Waals surface area contributed by atoms with Crippen LogP contribution in [0.5, 0.6) is 5.75 Å². The predicted molar refractivity (Wildman–Crippen MR) is 67.4 cm³/mol. The molecule has 0 aromatic heterocycles. The van der Waals surface area contributed by atoms with Gasteiger partial charge in [0.05, 0.1) is 0 Å². The molecule has 0 unspecified atom stereocenters. The maximum absolute atomic E-state index is 9.77. The molecular weight excluding hydrogens is 198 g/mol. The van der Waals surface area contributed by atoms with Gasteiger partial charge in [0.1, 0.15) is 5.75 Å². The lowest BCUT2D eigenvalue weighted by Gasteiger charge is -2.20. The largest absolute Gasteiger partial charge is 0.508 e. The first-order chi connectivity index (χ1) is 7.45. The number of nitrogens with two attached hydrogens (primary N) is 1. The van der Waals surface area contributed by atoms with Crippen LogP contribution in [0.1, 0.15) is 38.3 Å². The smallest absolute Gasteiger partial charge is 0.119 e. The molecule has 0 aliphatic carbocycles. The maximum atomic E-state index is 9.77. The van der Waals surface area contributed by atoms with Gasteiger partial charge in [-0.3, -0.25) is 0 Å². The highest BCUT2D eigenvalue weighted by molar-refractivity contribution is 5.46. The number of phenolic OH excluding ortho intramolecular Hbond substituents is 1. The van der Waals surface area contributed by atoms with E-state index in [2.05, 4.69) is 32.6 Å². The van der Waals surface area contributed by atoms with Crippen molar-refractivity contribution in [2.24, 2.45) is 5.73 Å². The number of phenols is 1. The summed E-state index contributed by atoms with van der Waals surface area (Å²) in [7, 11) is 0. The van der Waals surface area contributed by atoms with Crippen LogP contribution in [0.3, 0.4) is 0 Å². The first kappa shape index (κ1) is 12.6. The fraction of sp³-hybridized carbons (Fsp3) is 0.429. The lowest BCUT2D eigenvalue weighted by molar-refractivity contribution is 0.446. The summed E-state index contributed by atoms with van der Waals surface area (Å²) in [5, 5.41) is 9.77. The maximum Gasteiger partial charge on any atom is 0.119 e. The summed E-state index contributed by atoms with van der Waals surface area (Å²) >= 11 is 0. The Bertz CT molecular complexity index is 419. The Morgan fingerprint density at radius 2 is 2.00 bits per heavy atom. The van der Waals surface area contributed by atoms with Crippen LogP contribution >= 0.6 is 0 Å². The molecule has 0 aliphatic rings. The first-order valence-electron chi connectivity index (χ1n) is 5.47. The van der Waals surface area contributed by atoms with E-state index in [0.29, 0.717) is 18.7 Å². The molecule has 0 atom stereocenters. The number of rotatable bonds is 1. The van der Waals surface area contributed by atoms with Crippen LogP contribution in [0, 0.1) is 11.8 Å². The van der Waals surface area contributed by atoms with Crippen LogP contribution in [0.4, 0.5) is 0 Å². The van der Waals surface area contributed by atoms with Crippen molar-refractivity contribution in [1.82, 2.24) is 0 Å². The van der Waals surface area contributed by atoms with Crippen molar-refractivity contribution in [3.05, 3.63) is 29.3 Å². The van der Waals surface area contributed by atoms with Gasteiger partial charge in [-0.05, 0) is 23.6 Å². The minimum atomic E-state index is -0.0738. The van der Waals surface area contributed by atoms with E-state index in [1.165, 1.54) is 0 Å². The molecule has 2 heteroatoms. The molecule has 16 heavy (non-hydrogen) atoms. The van der Waals surface area contributed by atoms with E-state index < -0.39 is 0 Å². The van der Waals surface area contributed by atoms with Crippen molar-refractivity contribution in [2.75, 3.05) is 6.54 Å². The molecule has 0 radical (unpaired) electrons. The molecule has 3 N–H and O–H groups in total. The molecule has 0 bridgehead atoms. The van der Waals surface area contributed by atoms with E-state index >= 15 is 0 Å². The molecule has 0 amide bonds. The third-order valence-electron chi connectivity index (χ3n) is 2.31. The Morgan fingerprint density at radius 3 is 2.56 bits per heavy atom. The quantitative estimate of drug-likeness (QED) is 0.709. The highest BCUT2D eigenvalue weighted by atomic mass is 16.3. The SMILES string of the molecule is CC(C)(C)c1cc(C#CCCN)ccc1O. The lowest BCUT2D eigenvalue weighted by Crippen LogP contribution is -2.11. The van der Waals surface area contributed by atoms with Crippen molar-refractivity contribution >= 4 is 0 Å². The third kappa shape index (κ3) is 3.29. The standard InChI is InChI=1S/C14H19NO/c1-14(2,3)12-10-11(6-4-5-9-15)7-8-13(12)16/h7-8,10,16H,5,9,15H2,1-3H3. The first-order valence-corrected chi connectivity index (χ1v) is 5.47. The van der Waals surface area contributed by atoms with Gasteiger partial charge in [-0.15, -0.1) is 0 Å². The third-order valence-corrected chi connectivity index (χ3v) is 2.31.